The molecule has 180 valence electrons. The van der Waals surface area contributed by atoms with Gasteiger partial charge in [0.05, 0.1) is 40.1 Å². The van der Waals surface area contributed by atoms with E-state index in [1.807, 2.05) is 19.2 Å². The van der Waals surface area contributed by atoms with Crippen molar-refractivity contribution in [2.45, 2.75) is 50.7 Å². The van der Waals surface area contributed by atoms with E-state index in [1.54, 1.807) is 21.3 Å². The van der Waals surface area contributed by atoms with Gasteiger partial charge in [0, 0.05) is 51.0 Å². The van der Waals surface area contributed by atoms with E-state index >= 15 is 0 Å². The number of methoxy groups -OCH3 is 3. The van der Waals surface area contributed by atoms with Crippen LogP contribution >= 0.6 is 0 Å². The molecule has 2 heterocycles. The standard InChI is InChI=1S/C24H39N3O5/c1-25-24(26-11-8-21-22(29-3)15-20(28-2)16-23(21)30-4)27-12-9-18(10-13-27)32-17-19-7-5-6-14-31-19/h15-16,18-19H,5-14,17H2,1-4H3,(H,25,26). The lowest BCUT2D eigenvalue weighted by molar-refractivity contribution is -0.0721. The fourth-order valence-electron chi connectivity index (χ4n) is 4.37. The number of hydrogen-bond donors (Lipinski definition) is 1. The second kappa shape index (κ2) is 12.7. The Hall–Kier alpha value is -2.19. The average Bonchev–Trinajstić information content (AvgIpc) is 2.86. The summed E-state index contributed by atoms with van der Waals surface area (Å²) >= 11 is 0. The van der Waals surface area contributed by atoms with Crippen LogP contribution in [-0.4, -0.2) is 84.3 Å². The Morgan fingerprint density at radius 1 is 1.06 bits per heavy atom. The number of hydrogen-bond acceptors (Lipinski definition) is 6. The van der Waals surface area contributed by atoms with E-state index in [4.69, 9.17) is 23.7 Å². The third-order valence-electron chi connectivity index (χ3n) is 6.22. The highest BCUT2D eigenvalue weighted by atomic mass is 16.5. The van der Waals surface area contributed by atoms with Crippen LogP contribution in [0.15, 0.2) is 17.1 Å². The molecule has 0 aromatic heterocycles. The first-order valence-electron chi connectivity index (χ1n) is 11.7. The zero-order chi connectivity index (χ0) is 22.8. The van der Waals surface area contributed by atoms with E-state index in [2.05, 4.69) is 15.2 Å². The molecule has 2 aliphatic rings. The molecule has 0 radical (unpaired) electrons. The maximum Gasteiger partial charge on any atom is 0.193 e. The first kappa shape index (κ1) is 24.5. The van der Waals surface area contributed by atoms with Crippen molar-refractivity contribution in [3.8, 4) is 17.2 Å². The van der Waals surface area contributed by atoms with Crippen LogP contribution in [0.4, 0.5) is 0 Å². The van der Waals surface area contributed by atoms with Crippen LogP contribution < -0.4 is 19.5 Å². The van der Waals surface area contributed by atoms with Gasteiger partial charge in [-0.3, -0.25) is 4.99 Å². The number of nitrogens with zero attached hydrogens (tertiary/aromatic N) is 2. The Labute approximate surface area is 192 Å². The van der Waals surface area contributed by atoms with Gasteiger partial charge in [-0.15, -0.1) is 0 Å². The average molecular weight is 450 g/mol. The van der Waals surface area contributed by atoms with E-state index in [1.165, 1.54) is 12.8 Å². The number of piperidine rings is 1. The Kier molecular flexibility index (Phi) is 9.74. The molecule has 1 aromatic rings. The Morgan fingerprint density at radius 2 is 1.78 bits per heavy atom. The Morgan fingerprint density at radius 3 is 2.34 bits per heavy atom. The summed E-state index contributed by atoms with van der Waals surface area (Å²) in [6.07, 6.45) is 6.91. The van der Waals surface area contributed by atoms with Gasteiger partial charge in [0.25, 0.3) is 0 Å². The smallest absolute Gasteiger partial charge is 0.193 e. The summed E-state index contributed by atoms with van der Waals surface area (Å²) < 4.78 is 28.4. The van der Waals surface area contributed by atoms with E-state index in [0.717, 1.165) is 81.6 Å². The molecule has 8 heteroatoms. The number of rotatable bonds is 9. The summed E-state index contributed by atoms with van der Waals surface area (Å²) in [5.41, 5.74) is 1.01. The van der Waals surface area contributed by atoms with Gasteiger partial charge in [0.2, 0.25) is 0 Å². The maximum absolute atomic E-state index is 6.14. The second-order valence-electron chi connectivity index (χ2n) is 8.24. The summed E-state index contributed by atoms with van der Waals surface area (Å²) in [7, 11) is 6.80. The summed E-state index contributed by atoms with van der Waals surface area (Å²) in [5.74, 6) is 3.16. The summed E-state index contributed by atoms with van der Waals surface area (Å²) in [6, 6.07) is 3.77. The first-order chi connectivity index (χ1) is 15.7. The molecule has 0 saturated carbocycles. The third kappa shape index (κ3) is 6.65. The lowest BCUT2D eigenvalue weighted by atomic mass is 10.1. The zero-order valence-electron chi connectivity index (χ0n) is 20.0. The Bertz CT molecular complexity index is 703. The number of aliphatic imine (C=N–C) groups is 1. The summed E-state index contributed by atoms with van der Waals surface area (Å²) in [5, 5.41) is 3.49. The normalized spacial score (nSPS) is 20.2. The minimum Gasteiger partial charge on any atom is -0.496 e. The highest BCUT2D eigenvalue weighted by molar-refractivity contribution is 5.80. The van der Waals surface area contributed by atoms with Gasteiger partial charge in [-0.25, -0.2) is 0 Å². The number of nitrogens with one attached hydrogen (secondary N) is 1. The molecule has 32 heavy (non-hydrogen) atoms. The SMILES string of the molecule is CN=C(NCCc1c(OC)cc(OC)cc1OC)N1CCC(OCC2CCCCO2)CC1. The fraction of sp³-hybridized carbons (Fsp3) is 0.708. The molecule has 1 unspecified atom stereocenters. The van der Waals surface area contributed by atoms with Gasteiger partial charge in [-0.2, -0.15) is 0 Å². The van der Waals surface area contributed by atoms with Crippen LogP contribution in [0, 0.1) is 0 Å². The molecule has 0 aliphatic carbocycles. The molecule has 1 aromatic carbocycles. The number of ether oxygens (including phenoxy) is 5. The molecule has 8 nitrogen and oxygen atoms in total. The van der Waals surface area contributed by atoms with Crippen molar-refractivity contribution in [1.82, 2.24) is 10.2 Å². The third-order valence-corrected chi connectivity index (χ3v) is 6.22. The second-order valence-corrected chi connectivity index (χ2v) is 8.24. The van der Waals surface area contributed by atoms with E-state index in [9.17, 15) is 0 Å². The van der Waals surface area contributed by atoms with Gasteiger partial charge in [0.1, 0.15) is 17.2 Å². The zero-order valence-corrected chi connectivity index (χ0v) is 20.0. The predicted octanol–water partition coefficient (Wildman–Crippen LogP) is 2.88. The van der Waals surface area contributed by atoms with Crippen molar-refractivity contribution in [3.63, 3.8) is 0 Å². The van der Waals surface area contributed by atoms with Gasteiger partial charge < -0.3 is 33.9 Å². The number of guanidine groups is 1. The van der Waals surface area contributed by atoms with Gasteiger partial charge in [-0.05, 0) is 38.5 Å². The number of likely N-dealkylation sites (tertiary alicyclic amines) is 1. The van der Waals surface area contributed by atoms with E-state index in [0.29, 0.717) is 11.9 Å². The van der Waals surface area contributed by atoms with Crippen LogP contribution in [0.25, 0.3) is 0 Å². The monoisotopic (exact) mass is 449 g/mol. The van der Waals surface area contributed by atoms with Crippen LogP contribution in [0.3, 0.4) is 0 Å². The highest BCUT2D eigenvalue weighted by Crippen LogP contribution is 2.34. The molecule has 2 aliphatic heterocycles. The lowest BCUT2D eigenvalue weighted by Gasteiger charge is -2.35. The molecule has 2 fully saturated rings. The minimum atomic E-state index is 0.281. The lowest BCUT2D eigenvalue weighted by Crippen LogP contribution is -2.47. The maximum atomic E-state index is 6.14. The predicted molar refractivity (Wildman–Crippen MR) is 125 cm³/mol. The van der Waals surface area contributed by atoms with Crippen molar-refractivity contribution in [3.05, 3.63) is 17.7 Å². The fourth-order valence-corrected chi connectivity index (χ4v) is 4.37. The Balaban J connectivity index is 1.45. The van der Waals surface area contributed by atoms with Crippen LogP contribution in [-0.2, 0) is 15.9 Å². The minimum absolute atomic E-state index is 0.281. The van der Waals surface area contributed by atoms with E-state index in [-0.39, 0.29) is 6.10 Å². The summed E-state index contributed by atoms with van der Waals surface area (Å²) in [6.45, 7) is 4.20. The quantitative estimate of drug-likeness (QED) is 0.459. The molecule has 2 saturated heterocycles. The largest absolute Gasteiger partial charge is 0.496 e. The topological polar surface area (TPSA) is 73.8 Å². The van der Waals surface area contributed by atoms with Crippen molar-refractivity contribution >= 4 is 5.96 Å². The molecule has 0 amide bonds. The van der Waals surface area contributed by atoms with Crippen molar-refractivity contribution < 1.29 is 23.7 Å². The molecule has 0 spiro atoms. The molecule has 1 N–H and O–H groups in total. The number of benzene rings is 1. The molecule has 1 atom stereocenters. The van der Waals surface area contributed by atoms with Crippen molar-refractivity contribution in [2.24, 2.45) is 4.99 Å². The molecular formula is C24H39N3O5. The molecular weight excluding hydrogens is 410 g/mol. The van der Waals surface area contributed by atoms with Crippen molar-refractivity contribution in [1.29, 1.82) is 0 Å². The molecule has 3 rings (SSSR count). The molecule has 0 bridgehead atoms. The highest BCUT2D eigenvalue weighted by Gasteiger charge is 2.24. The first-order valence-corrected chi connectivity index (χ1v) is 11.7. The van der Waals surface area contributed by atoms with E-state index < -0.39 is 0 Å². The van der Waals surface area contributed by atoms with Gasteiger partial charge >= 0.3 is 0 Å². The van der Waals surface area contributed by atoms with Crippen molar-refractivity contribution in [2.75, 3.05) is 61.2 Å². The summed E-state index contributed by atoms with van der Waals surface area (Å²) in [4.78, 5) is 6.79. The van der Waals surface area contributed by atoms with Gasteiger partial charge in [-0.1, -0.05) is 0 Å². The van der Waals surface area contributed by atoms with Crippen LogP contribution in [0.5, 0.6) is 17.2 Å². The van der Waals surface area contributed by atoms with Crippen LogP contribution in [0.2, 0.25) is 0 Å². The van der Waals surface area contributed by atoms with Crippen LogP contribution in [0.1, 0.15) is 37.7 Å². The van der Waals surface area contributed by atoms with Gasteiger partial charge in [0.15, 0.2) is 5.96 Å².